The molecule has 3 N–H and O–H groups in total. The Morgan fingerprint density at radius 2 is 1.71 bits per heavy atom. The van der Waals surface area contributed by atoms with Crippen LogP contribution in [0.25, 0.3) is 0 Å². The largest absolute Gasteiger partial charge is 0.353 e. The molecule has 17 heavy (non-hydrogen) atoms. The molecule has 0 heterocycles. The van der Waals surface area contributed by atoms with Crippen LogP contribution in [-0.2, 0) is 4.79 Å². The Labute approximate surface area is 106 Å². The van der Waals surface area contributed by atoms with Gasteiger partial charge >= 0.3 is 0 Å². The minimum absolute atomic E-state index is 0.0868. The van der Waals surface area contributed by atoms with Crippen molar-refractivity contribution in [2.24, 2.45) is 17.1 Å². The Kier molecular flexibility index (Phi) is 4.23. The van der Waals surface area contributed by atoms with Gasteiger partial charge in [0.2, 0.25) is 5.91 Å². The number of carbonyl (C=O) groups excluding carboxylic acids is 1. The van der Waals surface area contributed by atoms with Gasteiger partial charge in [0.15, 0.2) is 0 Å². The van der Waals surface area contributed by atoms with Gasteiger partial charge in [0.25, 0.3) is 0 Å². The number of rotatable bonds is 3. The molecule has 0 aromatic heterocycles. The predicted molar refractivity (Wildman–Crippen MR) is 71.6 cm³/mol. The molecule has 0 aliphatic heterocycles. The van der Waals surface area contributed by atoms with Crippen LogP contribution in [0.2, 0.25) is 0 Å². The molecule has 1 fully saturated rings. The van der Waals surface area contributed by atoms with E-state index in [-0.39, 0.29) is 5.91 Å². The summed E-state index contributed by atoms with van der Waals surface area (Å²) < 4.78 is 0. The van der Waals surface area contributed by atoms with Crippen LogP contribution >= 0.6 is 0 Å². The van der Waals surface area contributed by atoms with E-state index in [1.54, 1.807) is 0 Å². The summed E-state index contributed by atoms with van der Waals surface area (Å²) in [6.07, 6.45) is 4.84. The Bertz CT molecular complexity index is 278. The molecule has 0 radical (unpaired) electrons. The Hall–Kier alpha value is -0.570. The van der Waals surface area contributed by atoms with Crippen LogP contribution in [0, 0.1) is 11.3 Å². The summed E-state index contributed by atoms with van der Waals surface area (Å²) in [5, 5.41) is 3.20. The molecule has 3 heteroatoms. The van der Waals surface area contributed by atoms with E-state index in [9.17, 15) is 4.79 Å². The minimum Gasteiger partial charge on any atom is -0.353 e. The third-order valence-corrected chi connectivity index (χ3v) is 4.61. The Morgan fingerprint density at radius 3 is 2.18 bits per heavy atom. The molecular weight excluding hydrogens is 212 g/mol. The summed E-state index contributed by atoms with van der Waals surface area (Å²) in [5.74, 6) is 0.674. The van der Waals surface area contributed by atoms with Crippen molar-refractivity contribution in [1.29, 1.82) is 0 Å². The van der Waals surface area contributed by atoms with Crippen LogP contribution in [0.1, 0.15) is 60.3 Å². The van der Waals surface area contributed by atoms with E-state index in [2.05, 4.69) is 12.2 Å². The van der Waals surface area contributed by atoms with Gasteiger partial charge in [-0.25, -0.2) is 0 Å². The quantitative estimate of drug-likeness (QED) is 0.796. The van der Waals surface area contributed by atoms with Gasteiger partial charge in [-0.2, -0.15) is 0 Å². The highest BCUT2D eigenvalue weighted by Gasteiger charge is 2.41. The molecule has 1 amide bonds. The lowest BCUT2D eigenvalue weighted by atomic mass is 9.74. The second kappa shape index (κ2) is 4.97. The first-order valence-electron chi connectivity index (χ1n) is 6.76. The summed E-state index contributed by atoms with van der Waals surface area (Å²) in [6.45, 7) is 9.91. The summed E-state index contributed by atoms with van der Waals surface area (Å²) in [7, 11) is 0. The lowest BCUT2D eigenvalue weighted by Gasteiger charge is -2.39. The lowest BCUT2D eigenvalue weighted by molar-refractivity contribution is -0.133. The molecule has 0 spiro atoms. The molecule has 2 unspecified atom stereocenters. The molecule has 1 rings (SSSR count). The van der Waals surface area contributed by atoms with Crippen LogP contribution in [0.4, 0.5) is 0 Å². The van der Waals surface area contributed by atoms with Gasteiger partial charge in [-0.05, 0) is 46.5 Å². The van der Waals surface area contributed by atoms with Crippen molar-refractivity contribution in [3.05, 3.63) is 0 Å². The first-order chi connectivity index (χ1) is 7.66. The molecule has 0 saturated heterocycles. The maximum absolute atomic E-state index is 12.3. The van der Waals surface area contributed by atoms with E-state index >= 15 is 0 Å². The average molecular weight is 240 g/mol. The summed E-state index contributed by atoms with van der Waals surface area (Å²) >= 11 is 0. The highest BCUT2D eigenvalue weighted by atomic mass is 16.2. The zero-order valence-electron chi connectivity index (χ0n) is 12.0. The van der Waals surface area contributed by atoms with Crippen LogP contribution < -0.4 is 11.1 Å². The van der Waals surface area contributed by atoms with E-state index in [1.807, 2.05) is 27.7 Å². The van der Waals surface area contributed by atoms with E-state index < -0.39 is 11.0 Å². The number of carbonyl (C=O) groups is 1. The normalized spacial score (nSPS) is 26.7. The van der Waals surface area contributed by atoms with Crippen molar-refractivity contribution in [1.82, 2.24) is 5.32 Å². The van der Waals surface area contributed by atoms with Crippen molar-refractivity contribution in [2.45, 2.75) is 71.9 Å². The maximum Gasteiger partial charge on any atom is 0.227 e. The smallest absolute Gasteiger partial charge is 0.227 e. The van der Waals surface area contributed by atoms with Crippen LogP contribution in [0.5, 0.6) is 0 Å². The number of nitrogens with one attached hydrogen (secondary N) is 1. The van der Waals surface area contributed by atoms with Crippen LogP contribution in [0.15, 0.2) is 0 Å². The fourth-order valence-corrected chi connectivity index (χ4v) is 2.17. The fourth-order valence-electron chi connectivity index (χ4n) is 2.17. The number of nitrogens with two attached hydrogens (primary N) is 1. The molecule has 0 bridgehead atoms. The monoisotopic (exact) mass is 240 g/mol. The van der Waals surface area contributed by atoms with Gasteiger partial charge in [0.1, 0.15) is 0 Å². The molecule has 0 aromatic rings. The minimum atomic E-state index is -0.538. The highest BCUT2D eigenvalue weighted by molar-refractivity contribution is 5.83. The van der Waals surface area contributed by atoms with Crippen molar-refractivity contribution in [3.8, 4) is 0 Å². The molecule has 100 valence electrons. The van der Waals surface area contributed by atoms with Gasteiger partial charge in [0, 0.05) is 11.6 Å². The molecule has 1 saturated carbocycles. The standard InChI is InChI=1S/C14H28N2O/c1-10-8-6-7-9-11(10)16-12(17)13(2,3)14(4,5)15/h10-11H,6-9,15H2,1-5H3,(H,16,17). The second-order valence-electron chi connectivity index (χ2n) is 6.69. The summed E-state index contributed by atoms with van der Waals surface area (Å²) in [6, 6.07) is 0.331. The average Bonchev–Trinajstić information content (AvgIpc) is 2.19. The summed E-state index contributed by atoms with van der Waals surface area (Å²) in [5.41, 5.74) is 5.05. The predicted octanol–water partition coefficient (Wildman–Crippen LogP) is 2.44. The zero-order valence-corrected chi connectivity index (χ0v) is 12.0. The van der Waals surface area contributed by atoms with E-state index in [1.165, 1.54) is 19.3 Å². The van der Waals surface area contributed by atoms with Crippen LogP contribution in [0.3, 0.4) is 0 Å². The maximum atomic E-state index is 12.3. The van der Waals surface area contributed by atoms with Crippen molar-refractivity contribution in [2.75, 3.05) is 0 Å². The molecule has 0 aromatic carbocycles. The Morgan fingerprint density at radius 1 is 1.18 bits per heavy atom. The SMILES string of the molecule is CC1CCCCC1NC(=O)C(C)(C)C(C)(C)N. The Balaban J connectivity index is 2.65. The van der Waals surface area contributed by atoms with Gasteiger partial charge in [-0.1, -0.05) is 19.8 Å². The molecule has 2 atom stereocenters. The van der Waals surface area contributed by atoms with Crippen molar-refractivity contribution in [3.63, 3.8) is 0 Å². The van der Waals surface area contributed by atoms with Gasteiger partial charge < -0.3 is 11.1 Å². The van der Waals surface area contributed by atoms with Gasteiger partial charge in [0.05, 0.1) is 5.41 Å². The molecule has 1 aliphatic carbocycles. The fraction of sp³-hybridized carbons (Fsp3) is 0.929. The van der Waals surface area contributed by atoms with Gasteiger partial charge in [-0.3, -0.25) is 4.79 Å². The second-order valence-corrected chi connectivity index (χ2v) is 6.69. The molecule has 1 aliphatic rings. The topological polar surface area (TPSA) is 55.1 Å². The first kappa shape index (κ1) is 14.5. The molecule has 3 nitrogen and oxygen atoms in total. The molecular formula is C14H28N2O. The third kappa shape index (κ3) is 3.21. The number of hydrogen-bond acceptors (Lipinski definition) is 2. The van der Waals surface area contributed by atoms with Crippen LogP contribution in [-0.4, -0.2) is 17.5 Å². The van der Waals surface area contributed by atoms with E-state index in [4.69, 9.17) is 5.73 Å². The summed E-state index contributed by atoms with van der Waals surface area (Å²) in [4.78, 5) is 12.3. The lowest BCUT2D eigenvalue weighted by Crippen LogP contribution is -2.58. The highest BCUT2D eigenvalue weighted by Crippen LogP contribution is 2.30. The van der Waals surface area contributed by atoms with E-state index in [0.29, 0.717) is 12.0 Å². The van der Waals surface area contributed by atoms with Crippen molar-refractivity contribution >= 4 is 5.91 Å². The van der Waals surface area contributed by atoms with E-state index in [0.717, 1.165) is 6.42 Å². The third-order valence-electron chi connectivity index (χ3n) is 4.61. The van der Waals surface area contributed by atoms with Crippen molar-refractivity contribution < 1.29 is 4.79 Å². The number of hydrogen-bond donors (Lipinski definition) is 2. The van der Waals surface area contributed by atoms with Gasteiger partial charge in [-0.15, -0.1) is 0 Å². The first-order valence-corrected chi connectivity index (χ1v) is 6.76. The zero-order chi connectivity index (χ0) is 13.3. The number of amides is 1.